The number of hydrogen-bond donors (Lipinski definition) is 1. The summed E-state index contributed by atoms with van der Waals surface area (Å²) < 4.78 is 5.63. The lowest BCUT2D eigenvalue weighted by Crippen LogP contribution is -2.12. The van der Waals surface area contributed by atoms with Gasteiger partial charge in [-0.2, -0.15) is 0 Å². The van der Waals surface area contributed by atoms with Gasteiger partial charge in [0.25, 0.3) is 5.91 Å². The maximum absolute atomic E-state index is 12.1. The fourth-order valence-electron chi connectivity index (χ4n) is 1.38. The molecule has 0 aliphatic heterocycles. The zero-order valence-electron chi connectivity index (χ0n) is 10.1. The van der Waals surface area contributed by atoms with Crippen molar-refractivity contribution in [1.29, 1.82) is 0 Å². The number of rotatable bonds is 4. The van der Waals surface area contributed by atoms with Crippen LogP contribution >= 0.6 is 27.3 Å². The van der Waals surface area contributed by atoms with Gasteiger partial charge in [0.15, 0.2) is 5.13 Å². The summed E-state index contributed by atoms with van der Waals surface area (Å²) in [6.45, 7) is 0. The minimum atomic E-state index is -0.561. The third-order valence-electron chi connectivity index (χ3n) is 2.31. The van der Waals surface area contributed by atoms with Crippen LogP contribution in [-0.4, -0.2) is 22.9 Å². The van der Waals surface area contributed by atoms with E-state index in [2.05, 4.69) is 26.2 Å². The summed E-state index contributed by atoms with van der Waals surface area (Å²) >= 11 is 4.05. The number of aromatic nitrogens is 1. The van der Waals surface area contributed by atoms with Gasteiger partial charge in [0.1, 0.15) is 11.9 Å². The van der Waals surface area contributed by atoms with Gasteiger partial charge in [-0.1, -0.05) is 0 Å². The van der Waals surface area contributed by atoms with Crippen LogP contribution in [0.3, 0.4) is 0 Å². The summed E-state index contributed by atoms with van der Waals surface area (Å²) in [5.74, 6) is 0.100. The molecule has 0 saturated heterocycles. The topological polar surface area (TPSA) is 94.4 Å². The van der Waals surface area contributed by atoms with Gasteiger partial charge in [0, 0.05) is 4.47 Å². The summed E-state index contributed by atoms with van der Waals surface area (Å²) in [6.07, 6.45) is 1.10. The number of thiazole rings is 1. The third-order valence-corrected chi connectivity index (χ3v) is 3.87. The molecule has 0 fully saturated rings. The second-order valence-electron chi connectivity index (χ2n) is 3.56. The summed E-state index contributed by atoms with van der Waals surface area (Å²) in [5.41, 5.74) is 0.349. The Labute approximate surface area is 125 Å². The van der Waals surface area contributed by atoms with Crippen molar-refractivity contribution in [3.63, 3.8) is 0 Å². The van der Waals surface area contributed by atoms with Crippen LogP contribution in [0.2, 0.25) is 0 Å². The average Bonchev–Trinajstić information content (AvgIpc) is 2.88. The van der Waals surface area contributed by atoms with E-state index in [1.54, 1.807) is 18.2 Å². The van der Waals surface area contributed by atoms with E-state index in [-0.39, 0.29) is 10.1 Å². The molecule has 2 aromatic rings. The number of benzene rings is 1. The first-order valence-corrected chi connectivity index (χ1v) is 6.87. The minimum Gasteiger partial charge on any atom is -0.497 e. The molecule has 1 aromatic heterocycles. The van der Waals surface area contributed by atoms with Crippen LogP contribution in [0.5, 0.6) is 5.75 Å². The molecule has 20 heavy (non-hydrogen) atoms. The molecule has 0 aliphatic rings. The monoisotopic (exact) mass is 357 g/mol. The molecule has 0 aliphatic carbocycles. The Balaban J connectivity index is 2.21. The number of amides is 1. The van der Waals surface area contributed by atoms with E-state index < -0.39 is 10.8 Å². The number of carbonyl (C=O) groups is 1. The van der Waals surface area contributed by atoms with Crippen LogP contribution in [0.15, 0.2) is 28.9 Å². The van der Waals surface area contributed by atoms with Crippen molar-refractivity contribution < 1.29 is 14.5 Å². The van der Waals surface area contributed by atoms with Crippen LogP contribution < -0.4 is 10.1 Å². The Hall–Kier alpha value is -2.00. The maximum Gasteiger partial charge on any atom is 0.345 e. The summed E-state index contributed by atoms with van der Waals surface area (Å²) in [4.78, 5) is 25.8. The van der Waals surface area contributed by atoms with E-state index in [1.165, 1.54) is 7.11 Å². The number of nitrogens with zero attached hydrogens (tertiary/aromatic N) is 2. The van der Waals surface area contributed by atoms with Gasteiger partial charge < -0.3 is 4.74 Å². The lowest BCUT2D eigenvalue weighted by atomic mass is 10.2. The molecule has 1 heterocycles. The highest BCUT2D eigenvalue weighted by Crippen LogP contribution is 2.27. The standard InChI is InChI=1S/C11H8BrN3O4S/c1-19-6-2-3-8(12)7(4-6)10(16)14-11-13-5-9(20-11)15(17)18/h2-5H,1H3,(H,13,14,16). The summed E-state index contributed by atoms with van der Waals surface area (Å²) in [7, 11) is 1.50. The van der Waals surface area contributed by atoms with Crippen LogP contribution in [0.1, 0.15) is 10.4 Å². The lowest BCUT2D eigenvalue weighted by molar-refractivity contribution is -0.380. The Kier molecular flexibility index (Phi) is 4.30. The lowest BCUT2D eigenvalue weighted by Gasteiger charge is -2.06. The van der Waals surface area contributed by atoms with E-state index >= 15 is 0 Å². The SMILES string of the molecule is COc1ccc(Br)c(C(=O)Nc2ncc([N+](=O)[O-])s2)c1. The van der Waals surface area contributed by atoms with E-state index in [0.29, 0.717) is 15.8 Å². The molecular weight excluding hydrogens is 350 g/mol. The Bertz CT molecular complexity index is 673. The Morgan fingerprint density at radius 2 is 2.30 bits per heavy atom. The molecule has 1 aromatic carbocycles. The predicted molar refractivity (Wildman–Crippen MR) is 77.4 cm³/mol. The first-order valence-electron chi connectivity index (χ1n) is 5.26. The van der Waals surface area contributed by atoms with E-state index in [4.69, 9.17) is 4.74 Å². The molecule has 104 valence electrons. The zero-order chi connectivity index (χ0) is 14.7. The second kappa shape index (κ2) is 5.97. The van der Waals surface area contributed by atoms with Gasteiger partial charge in [-0.25, -0.2) is 4.98 Å². The number of anilines is 1. The van der Waals surface area contributed by atoms with Gasteiger partial charge in [0.2, 0.25) is 0 Å². The molecule has 1 N–H and O–H groups in total. The van der Waals surface area contributed by atoms with Gasteiger partial charge in [-0.3, -0.25) is 20.2 Å². The van der Waals surface area contributed by atoms with Crippen molar-refractivity contribution in [2.75, 3.05) is 12.4 Å². The van der Waals surface area contributed by atoms with Crippen LogP contribution in [0.25, 0.3) is 0 Å². The van der Waals surface area contributed by atoms with E-state index in [1.807, 2.05) is 0 Å². The third kappa shape index (κ3) is 3.11. The number of nitrogens with one attached hydrogen (secondary N) is 1. The van der Waals surface area contributed by atoms with Gasteiger partial charge in [-0.15, -0.1) is 0 Å². The quantitative estimate of drug-likeness (QED) is 0.670. The number of halogens is 1. The fourth-order valence-corrected chi connectivity index (χ4v) is 2.43. The first kappa shape index (κ1) is 14.4. The highest BCUT2D eigenvalue weighted by molar-refractivity contribution is 9.10. The Morgan fingerprint density at radius 1 is 1.55 bits per heavy atom. The van der Waals surface area contributed by atoms with Gasteiger partial charge in [0.05, 0.1) is 17.6 Å². The molecule has 0 unspecified atom stereocenters. The molecule has 1 amide bonds. The molecular formula is C11H8BrN3O4S. The highest BCUT2D eigenvalue weighted by atomic mass is 79.9. The molecule has 9 heteroatoms. The molecule has 0 atom stereocenters. The number of ether oxygens (including phenoxy) is 1. The number of carbonyl (C=O) groups excluding carboxylic acids is 1. The smallest absolute Gasteiger partial charge is 0.345 e. The van der Waals surface area contributed by atoms with Crippen LogP contribution in [0.4, 0.5) is 10.1 Å². The van der Waals surface area contributed by atoms with Crippen molar-refractivity contribution in [2.24, 2.45) is 0 Å². The van der Waals surface area contributed by atoms with Crippen molar-refractivity contribution in [3.05, 3.63) is 44.5 Å². The fraction of sp³-hybridized carbons (Fsp3) is 0.0909. The molecule has 0 bridgehead atoms. The predicted octanol–water partition coefficient (Wildman–Crippen LogP) is 3.07. The van der Waals surface area contributed by atoms with Crippen LogP contribution in [0, 0.1) is 10.1 Å². The van der Waals surface area contributed by atoms with Crippen LogP contribution in [-0.2, 0) is 0 Å². The zero-order valence-corrected chi connectivity index (χ0v) is 12.5. The molecule has 7 nitrogen and oxygen atoms in total. The second-order valence-corrected chi connectivity index (χ2v) is 5.42. The molecule has 0 radical (unpaired) electrons. The molecule has 0 saturated carbocycles. The van der Waals surface area contributed by atoms with Gasteiger partial charge in [-0.05, 0) is 45.5 Å². The normalized spacial score (nSPS) is 10.1. The van der Waals surface area contributed by atoms with Crippen molar-refractivity contribution >= 4 is 43.3 Å². The number of methoxy groups -OCH3 is 1. The van der Waals surface area contributed by atoms with E-state index in [0.717, 1.165) is 17.5 Å². The average molecular weight is 358 g/mol. The first-order chi connectivity index (χ1) is 9.51. The summed E-state index contributed by atoms with van der Waals surface area (Å²) in [6, 6.07) is 4.94. The van der Waals surface area contributed by atoms with Crippen molar-refractivity contribution in [2.45, 2.75) is 0 Å². The minimum absolute atomic E-state index is 0.134. The van der Waals surface area contributed by atoms with E-state index in [9.17, 15) is 14.9 Å². The summed E-state index contributed by atoms with van der Waals surface area (Å²) in [5, 5.41) is 13.1. The number of hydrogen-bond acceptors (Lipinski definition) is 6. The van der Waals surface area contributed by atoms with Crippen molar-refractivity contribution in [1.82, 2.24) is 4.98 Å². The maximum atomic E-state index is 12.1. The highest BCUT2D eigenvalue weighted by Gasteiger charge is 2.16. The number of nitro groups is 1. The molecule has 0 spiro atoms. The Morgan fingerprint density at radius 3 is 2.90 bits per heavy atom. The van der Waals surface area contributed by atoms with Crippen molar-refractivity contribution in [3.8, 4) is 5.75 Å². The molecule has 2 rings (SSSR count). The van der Waals surface area contributed by atoms with Gasteiger partial charge >= 0.3 is 5.00 Å². The largest absolute Gasteiger partial charge is 0.497 e.